The number of halogens is 1. The van der Waals surface area contributed by atoms with E-state index in [-0.39, 0.29) is 19.1 Å². The van der Waals surface area contributed by atoms with E-state index in [1.807, 2.05) is 31.2 Å². The summed E-state index contributed by atoms with van der Waals surface area (Å²) in [6.45, 7) is 2.22. The smallest absolute Gasteiger partial charge is 0.253 e. The molecule has 1 atom stereocenters. The molecule has 1 unspecified atom stereocenters. The average molecular weight is 295 g/mol. The van der Waals surface area contributed by atoms with E-state index in [0.29, 0.717) is 0 Å². The highest BCUT2D eigenvalue weighted by molar-refractivity contribution is 9.10. The van der Waals surface area contributed by atoms with Crippen molar-refractivity contribution in [1.29, 1.82) is 5.26 Å². The van der Waals surface area contributed by atoms with Crippen LogP contribution in [-0.2, 0) is 9.53 Å². The van der Waals surface area contributed by atoms with Crippen molar-refractivity contribution < 1.29 is 9.53 Å². The summed E-state index contributed by atoms with van der Waals surface area (Å²) >= 11 is 3.43. The Bertz CT molecular complexity index is 496. The maximum atomic E-state index is 11.7. The van der Waals surface area contributed by atoms with Gasteiger partial charge in [-0.25, -0.2) is 0 Å². The van der Waals surface area contributed by atoms with Gasteiger partial charge in [0.25, 0.3) is 5.91 Å². The van der Waals surface area contributed by atoms with E-state index >= 15 is 0 Å². The van der Waals surface area contributed by atoms with Gasteiger partial charge in [0.1, 0.15) is 6.61 Å². The number of rotatable bonds is 1. The molecule has 1 aliphatic rings. The fraction of sp³-hybridized carbons (Fsp3) is 0.333. The minimum Gasteiger partial charge on any atom is -0.352 e. The third-order valence-corrected chi connectivity index (χ3v) is 3.52. The fourth-order valence-electron chi connectivity index (χ4n) is 1.65. The lowest BCUT2D eigenvalue weighted by atomic mass is 10.2. The summed E-state index contributed by atoms with van der Waals surface area (Å²) in [6.07, 6.45) is -0.548. The first-order chi connectivity index (χ1) is 8.11. The molecule has 0 bridgehead atoms. The Balaban J connectivity index is 2.28. The molecular formula is C12H11BrN2O2. The number of amides is 1. The van der Waals surface area contributed by atoms with Crippen molar-refractivity contribution in [2.45, 2.75) is 13.0 Å². The number of hydrogen-bond donors (Lipinski definition) is 0. The van der Waals surface area contributed by atoms with Gasteiger partial charge in [-0.15, -0.1) is 0 Å². The molecule has 1 amide bonds. The highest BCUT2D eigenvalue weighted by atomic mass is 79.9. The van der Waals surface area contributed by atoms with Gasteiger partial charge < -0.3 is 9.64 Å². The zero-order valence-corrected chi connectivity index (χ0v) is 10.9. The van der Waals surface area contributed by atoms with Gasteiger partial charge in [0.2, 0.25) is 0 Å². The molecule has 1 saturated heterocycles. The number of carbonyl (C=O) groups excluding carboxylic acids is 1. The lowest BCUT2D eigenvalue weighted by Crippen LogP contribution is -2.46. The first kappa shape index (κ1) is 12.1. The van der Waals surface area contributed by atoms with Gasteiger partial charge in [-0.1, -0.05) is 22.0 Å². The van der Waals surface area contributed by atoms with E-state index in [4.69, 9.17) is 10.00 Å². The maximum Gasteiger partial charge on any atom is 0.253 e. The number of morpholine rings is 1. The second kappa shape index (κ2) is 4.86. The molecule has 0 aliphatic carbocycles. The van der Waals surface area contributed by atoms with E-state index in [1.54, 1.807) is 4.90 Å². The second-order valence-electron chi connectivity index (χ2n) is 3.87. The summed E-state index contributed by atoms with van der Waals surface area (Å²) in [7, 11) is 0. The van der Waals surface area contributed by atoms with E-state index in [2.05, 4.69) is 15.9 Å². The summed E-state index contributed by atoms with van der Waals surface area (Å²) in [4.78, 5) is 13.3. The number of benzene rings is 1. The molecule has 1 heterocycles. The Morgan fingerprint density at radius 1 is 1.59 bits per heavy atom. The predicted molar refractivity (Wildman–Crippen MR) is 66.6 cm³/mol. The lowest BCUT2D eigenvalue weighted by Gasteiger charge is -2.29. The molecule has 0 spiro atoms. The van der Waals surface area contributed by atoms with Crippen molar-refractivity contribution in [3.8, 4) is 6.07 Å². The summed E-state index contributed by atoms with van der Waals surface area (Å²) < 4.78 is 6.03. The van der Waals surface area contributed by atoms with Crippen molar-refractivity contribution in [2.75, 3.05) is 18.1 Å². The highest BCUT2D eigenvalue weighted by Gasteiger charge is 2.27. The Morgan fingerprint density at radius 3 is 3.00 bits per heavy atom. The zero-order chi connectivity index (χ0) is 12.4. The lowest BCUT2D eigenvalue weighted by molar-refractivity contribution is -0.127. The van der Waals surface area contributed by atoms with E-state index in [9.17, 15) is 4.79 Å². The minimum atomic E-state index is -0.548. The van der Waals surface area contributed by atoms with Gasteiger partial charge in [-0.3, -0.25) is 4.79 Å². The van der Waals surface area contributed by atoms with Gasteiger partial charge in [-0.2, -0.15) is 5.26 Å². The Hall–Kier alpha value is -1.38. The topological polar surface area (TPSA) is 53.3 Å². The van der Waals surface area contributed by atoms with Crippen LogP contribution in [0, 0.1) is 18.3 Å². The second-order valence-corrected chi connectivity index (χ2v) is 4.72. The molecule has 1 fully saturated rings. The molecule has 1 aromatic rings. The third kappa shape index (κ3) is 2.48. The van der Waals surface area contributed by atoms with Gasteiger partial charge in [0.15, 0.2) is 6.10 Å². The van der Waals surface area contributed by atoms with E-state index in [0.717, 1.165) is 15.7 Å². The van der Waals surface area contributed by atoms with Crippen LogP contribution in [0.15, 0.2) is 22.7 Å². The number of nitriles is 1. The molecule has 0 radical (unpaired) electrons. The molecule has 4 nitrogen and oxygen atoms in total. The van der Waals surface area contributed by atoms with E-state index in [1.165, 1.54) is 0 Å². The molecular weight excluding hydrogens is 284 g/mol. The average Bonchev–Trinajstić information content (AvgIpc) is 2.33. The van der Waals surface area contributed by atoms with Crippen molar-refractivity contribution in [2.24, 2.45) is 0 Å². The van der Waals surface area contributed by atoms with Crippen LogP contribution in [0.3, 0.4) is 0 Å². The van der Waals surface area contributed by atoms with Crippen LogP contribution >= 0.6 is 15.9 Å². The quantitative estimate of drug-likeness (QED) is 0.796. The highest BCUT2D eigenvalue weighted by Crippen LogP contribution is 2.25. The molecule has 5 heteroatoms. The molecule has 2 rings (SSSR count). The van der Waals surface area contributed by atoms with Crippen LogP contribution in [-0.4, -0.2) is 25.2 Å². The molecule has 1 aromatic carbocycles. The Labute approximate surface area is 108 Å². The normalized spacial score (nSPS) is 20.2. The molecule has 0 aromatic heterocycles. The fourth-order valence-corrected chi connectivity index (χ4v) is 2.01. The Kier molecular flexibility index (Phi) is 3.46. The molecule has 17 heavy (non-hydrogen) atoms. The van der Waals surface area contributed by atoms with Crippen LogP contribution in [0.5, 0.6) is 0 Å². The predicted octanol–water partition coefficient (Wildman–Crippen LogP) is 2.01. The van der Waals surface area contributed by atoms with Crippen LogP contribution in [0.1, 0.15) is 5.56 Å². The minimum absolute atomic E-state index is 0.0380. The summed E-state index contributed by atoms with van der Waals surface area (Å²) in [6, 6.07) is 7.71. The monoisotopic (exact) mass is 294 g/mol. The number of anilines is 1. The van der Waals surface area contributed by atoms with Crippen LogP contribution in [0.4, 0.5) is 5.69 Å². The maximum absolute atomic E-state index is 11.7. The van der Waals surface area contributed by atoms with Gasteiger partial charge in [0.05, 0.1) is 12.6 Å². The number of ether oxygens (including phenoxy) is 1. The van der Waals surface area contributed by atoms with Crippen molar-refractivity contribution in [1.82, 2.24) is 0 Å². The number of aryl methyl sites for hydroxylation is 1. The van der Waals surface area contributed by atoms with Crippen molar-refractivity contribution in [3.63, 3.8) is 0 Å². The van der Waals surface area contributed by atoms with Crippen LogP contribution < -0.4 is 4.90 Å². The van der Waals surface area contributed by atoms with Crippen LogP contribution in [0.25, 0.3) is 0 Å². The standard InChI is InChI=1S/C12H11BrN2O2/c1-8-2-3-9(4-11(8)13)15-6-10(5-14)17-7-12(15)16/h2-4,10H,6-7H2,1H3. The number of nitrogens with zero attached hydrogens (tertiary/aromatic N) is 2. The van der Waals surface area contributed by atoms with Gasteiger partial charge >= 0.3 is 0 Å². The zero-order valence-electron chi connectivity index (χ0n) is 9.31. The molecule has 1 aliphatic heterocycles. The first-order valence-electron chi connectivity index (χ1n) is 5.19. The SMILES string of the molecule is Cc1ccc(N2CC(C#N)OCC2=O)cc1Br. The molecule has 88 valence electrons. The molecule has 0 saturated carbocycles. The van der Waals surface area contributed by atoms with E-state index < -0.39 is 6.10 Å². The number of hydrogen-bond acceptors (Lipinski definition) is 3. The largest absolute Gasteiger partial charge is 0.352 e. The van der Waals surface area contributed by atoms with Crippen molar-refractivity contribution in [3.05, 3.63) is 28.2 Å². The van der Waals surface area contributed by atoms with Gasteiger partial charge in [-0.05, 0) is 24.6 Å². The molecule has 0 N–H and O–H groups in total. The van der Waals surface area contributed by atoms with Crippen molar-refractivity contribution >= 4 is 27.5 Å². The van der Waals surface area contributed by atoms with Gasteiger partial charge in [0, 0.05) is 10.2 Å². The summed E-state index contributed by atoms with van der Waals surface area (Å²) in [5.41, 5.74) is 1.89. The number of carbonyl (C=O) groups is 1. The van der Waals surface area contributed by atoms with Crippen LogP contribution in [0.2, 0.25) is 0 Å². The summed E-state index contributed by atoms with van der Waals surface area (Å²) in [5, 5.41) is 8.82. The first-order valence-corrected chi connectivity index (χ1v) is 5.99. The Morgan fingerprint density at radius 2 is 2.35 bits per heavy atom. The third-order valence-electron chi connectivity index (χ3n) is 2.67. The summed E-state index contributed by atoms with van der Waals surface area (Å²) in [5.74, 6) is -0.118.